The van der Waals surface area contributed by atoms with Crippen LogP contribution in [-0.2, 0) is 0 Å². The summed E-state index contributed by atoms with van der Waals surface area (Å²) in [5.74, 6) is 0.898. The molecule has 2 aliphatic rings. The number of hydrogen-bond acceptors (Lipinski definition) is 1. The van der Waals surface area contributed by atoms with Crippen LogP contribution >= 0.6 is 0 Å². The van der Waals surface area contributed by atoms with Crippen LogP contribution in [0, 0.1) is 5.92 Å². The van der Waals surface area contributed by atoms with Crippen LogP contribution in [0.15, 0.2) is 23.4 Å². The van der Waals surface area contributed by atoms with E-state index < -0.39 is 0 Å². The smallest absolute Gasteiger partial charge is 0.00836 e. The first-order chi connectivity index (χ1) is 5.86. The molecule has 2 aliphatic carbocycles. The monoisotopic (exact) mass is 163 g/mol. The van der Waals surface area contributed by atoms with Gasteiger partial charge in [0.1, 0.15) is 0 Å². The Hall–Kier alpha value is -0.720. The molecule has 1 saturated carbocycles. The van der Waals surface area contributed by atoms with E-state index >= 15 is 0 Å². The van der Waals surface area contributed by atoms with E-state index in [9.17, 15) is 0 Å². The van der Waals surface area contributed by atoms with Gasteiger partial charge >= 0.3 is 0 Å². The highest BCUT2D eigenvalue weighted by Gasteiger charge is 2.19. The topological polar surface area (TPSA) is 26.0 Å². The van der Waals surface area contributed by atoms with Gasteiger partial charge in [0.05, 0.1) is 0 Å². The number of hydrogen-bond donors (Lipinski definition) is 1. The predicted octanol–water partition coefficient (Wildman–Crippen LogP) is 2.74. The summed E-state index contributed by atoms with van der Waals surface area (Å²) in [5.41, 5.74) is 8.42. The van der Waals surface area contributed by atoms with Gasteiger partial charge in [-0.05, 0) is 37.7 Å². The van der Waals surface area contributed by atoms with E-state index in [1.165, 1.54) is 32.1 Å². The number of nitrogens with two attached hydrogens (primary N) is 1. The highest BCUT2D eigenvalue weighted by molar-refractivity contribution is 5.24. The summed E-state index contributed by atoms with van der Waals surface area (Å²) in [7, 11) is 0. The molecule has 2 rings (SSSR count). The van der Waals surface area contributed by atoms with Crippen LogP contribution in [0.2, 0.25) is 0 Å². The lowest BCUT2D eigenvalue weighted by Crippen LogP contribution is -2.06. The van der Waals surface area contributed by atoms with Crippen molar-refractivity contribution in [3.05, 3.63) is 23.4 Å². The second-order valence-electron chi connectivity index (χ2n) is 3.96. The Morgan fingerprint density at radius 1 is 1.08 bits per heavy atom. The van der Waals surface area contributed by atoms with Crippen LogP contribution in [0.3, 0.4) is 0 Å². The Bertz CT molecular complexity index is 219. The Morgan fingerprint density at radius 2 is 1.83 bits per heavy atom. The van der Waals surface area contributed by atoms with Crippen molar-refractivity contribution < 1.29 is 0 Å². The minimum atomic E-state index is 0.898. The first-order valence-electron chi connectivity index (χ1n) is 5.01. The largest absolute Gasteiger partial charge is 0.402 e. The lowest BCUT2D eigenvalue weighted by molar-refractivity contribution is 0.604. The van der Waals surface area contributed by atoms with Crippen LogP contribution in [-0.4, -0.2) is 0 Å². The van der Waals surface area contributed by atoms with Crippen molar-refractivity contribution >= 4 is 0 Å². The standard InChI is InChI=1S/C11H17N/c12-11-7-5-10(6-8-11)9-3-1-2-4-9/h5,7,9H,1-4,6,8,12H2. The fourth-order valence-electron chi connectivity index (χ4n) is 2.31. The molecule has 0 aromatic carbocycles. The number of allylic oxidation sites excluding steroid dienone is 4. The molecule has 0 bridgehead atoms. The lowest BCUT2D eigenvalue weighted by Gasteiger charge is -2.17. The lowest BCUT2D eigenvalue weighted by atomic mass is 9.90. The van der Waals surface area contributed by atoms with Crippen molar-refractivity contribution in [3.63, 3.8) is 0 Å². The molecule has 2 N–H and O–H groups in total. The first-order valence-corrected chi connectivity index (χ1v) is 5.01. The van der Waals surface area contributed by atoms with Crippen molar-refractivity contribution in [1.82, 2.24) is 0 Å². The highest BCUT2D eigenvalue weighted by Crippen LogP contribution is 2.34. The summed E-state index contributed by atoms with van der Waals surface area (Å²) in [5, 5.41) is 0. The molecule has 12 heavy (non-hydrogen) atoms. The van der Waals surface area contributed by atoms with Crippen LogP contribution in [0.4, 0.5) is 0 Å². The molecule has 0 heterocycles. The normalized spacial score (nSPS) is 25.3. The molecule has 1 nitrogen and oxygen atoms in total. The van der Waals surface area contributed by atoms with Gasteiger partial charge in [0, 0.05) is 5.70 Å². The molecule has 1 fully saturated rings. The molecular weight excluding hydrogens is 146 g/mol. The minimum absolute atomic E-state index is 0.898. The Balaban J connectivity index is 2.04. The van der Waals surface area contributed by atoms with Gasteiger partial charge in [-0.15, -0.1) is 0 Å². The Labute approximate surface area is 74.3 Å². The van der Waals surface area contributed by atoms with Gasteiger partial charge in [0.2, 0.25) is 0 Å². The van der Waals surface area contributed by atoms with Crippen molar-refractivity contribution in [1.29, 1.82) is 0 Å². The summed E-state index contributed by atoms with van der Waals surface area (Å²) >= 11 is 0. The quantitative estimate of drug-likeness (QED) is 0.632. The molecule has 0 spiro atoms. The van der Waals surface area contributed by atoms with Gasteiger partial charge in [0.15, 0.2) is 0 Å². The maximum Gasteiger partial charge on any atom is 0.00836 e. The Morgan fingerprint density at radius 3 is 2.42 bits per heavy atom. The fraction of sp³-hybridized carbons (Fsp3) is 0.636. The van der Waals surface area contributed by atoms with E-state index in [4.69, 9.17) is 5.73 Å². The summed E-state index contributed by atoms with van der Waals surface area (Å²) < 4.78 is 0. The third-order valence-corrected chi connectivity index (χ3v) is 3.09. The summed E-state index contributed by atoms with van der Waals surface area (Å²) in [4.78, 5) is 0. The van der Waals surface area contributed by atoms with E-state index in [1.807, 2.05) is 0 Å². The molecule has 0 amide bonds. The molecule has 0 unspecified atom stereocenters. The maximum absolute atomic E-state index is 5.71. The van der Waals surface area contributed by atoms with E-state index in [0.717, 1.165) is 18.0 Å². The third kappa shape index (κ3) is 1.55. The molecule has 0 saturated heterocycles. The third-order valence-electron chi connectivity index (χ3n) is 3.09. The van der Waals surface area contributed by atoms with E-state index in [2.05, 4.69) is 12.2 Å². The predicted molar refractivity (Wildman–Crippen MR) is 51.5 cm³/mol. The molecular formula is C11H17N. The highest BCUT2D eigenvalue weighted by atomic mass is 14.6. The molecule has 0 aromatic rings. The van der Waals surface area contributed by atoms with Crippen LogP contribution < -0.4 is 5.73 Å². The summed E-state index contributed by atoms with van der Waals surface area (Å²) in [6.07, 6.45) is 12.4. The van der Waals surface area contributed by atoms with Gasteiger partial charge in [-0.2, -0.15) is 0 Å². The van der Waals surface area contributed by atoms with Gasteiger partial charge in [-0.1, -0.05) is 24.5 Å². The van der Waals surface area contributed by atoms with Crippen LogP contribution in [0.5, 0.6) is 0 Å². The minimum Gasteiger partial charge on any atom is -0.402 e. The van der Waals surface area contributed by atoms with Crippen molar-refractivity contribution in [2.75, 3.05) is 0 Å². The molecule has 0 radical (unpaired) electrons. The SMILES string of the molecule is NC1=CC=C(C2CCCC2)CC1. The van der Waals surface area contributed by atoms with E-state index in [-0.39, 0.29) is 0 Å². The van der Waals surface area contributed by atoms with Crippen LogP contribution in [0.1, 0.15) is 38.5 Å². The maximum atomic E-state index is 5.71. The van der Waals surface area contributed by atoms with Gasteiger partial charge in [-0.25, -0.2) is 0 Å². The van der Waals surface area contributed by atoms with Crippen molar-refractivity contribution in [3.8, 4) is 0 Å². The zero-order chi connectivity index (χ0) is 8.39. The fourth-order valence-corrected chi connectivity index (χ4v) is 2.31. The van der Waals surface area contributed by atoms with Crippen molar-refractivity contribution in [2.24, 2.45) is 11.7 Å². The van der Waals surface area contributed by atoms with Gasteiger partial charge < -0.3 is 5.73 Å². The summed E-state index contributed by atoms with van der Waals surface area (Å²) in [6, 6.07) is 0. The van der Waals surface area contributed by atoms with E-state index in [0.29, 0.717) is 0 Å². The second-order valence-corrected chi connectivity index (χ2v) is 3.96. The van der Waals surface area contributed by atoms with Crippen LogP contribution in [0.25, 0.3) is 0 Å². The zero-order valence-corrected chi connectivity index (χ0v) is 7.55. The second kappa shape index (κ2) is 3.34. The van der Waals surface area contributed by atoms with Crippen molar-refractivity contribution in [2.45, 2.75) is 38.5 Å². The van der Waals surface area contributed by atoms with E-state index in [1.54, 1.807) is 5.57 Å². The number of rotatable bonds is 1. The van der Waals surface area contributed by atoms with Gasteiger partial charge in [0.25, 0.3) is 0 Å². The molecule has 1 heteroatoms. The molecule has 66 valence electrons. The average Bonchev–Trinajstić information content (AvgIpc) is 2.58. The van der Waals surface area contributed by atoms with Gasteiger partial charge in [-0.3, -0.25) is 0 Å². The first kappa shape index (κ1) is 7.90. The Kier molecular flexibility index (Phi) is 2.20. The molecule has 0 aliphatic heterocycles. The molecule has 0 atom stereocenters. The summed E-state index contributed by atoms with van der Waals surface area (Å²) in [6.45, 7) is 0. The zero-order valence-electron chi connectivity index (χ0n) is 7.55. The average molecular weight is 163 g/mol. The molecule has 0 aromatic heterocycles.